The Morgan fingerprint density at radius 3 is 2.92 bits per heavy atom. The van der Waals surface area contributed by atoms with Crippen LogP contribution in [-0.2, 0) is 14.3 Å². The fourth-order valence-corrected chi connectivity index (χ4v) is 3.33. The quantitative estimate of drug-likeness (QED) is 0.450. The highest BCUT2D eigenvalue weighted by Gasteiger charge is 2.70. The minimum atomic E-state index is -0.229. The average molecular weight is 182 g/mol. The molecule has 0 aromatic carbocycles. The summed E-state index contributed by atoms with van der Waals surface area (Å²) < 4.78 is 10.3. The molecule has 0 aromatic rings. The highest BCUT2D eigenvalue weighted by Crippen LogP contribution is 2.62. The highest BCUT2D eigenvalue weighted by atomic mass is 16.7. The minimum Gasteiger partial charge on any atom is -0.467 e. The molecule has 3 heteroatoms. The second-order valence-corrected chi connectivity index (χ2v) is 4.56. The summed E-state index contributed by atoms with van der Waals surface area (Å²) >= 11 is 0. The van der Waals surface area contributed by atoms with Crippen molar-refractivity contribution >= 4 is 5.97 Å². The standard InChI is InChI=1S/C10H14O3/c1-12-9(11)8-10(13-8)5-6-2-3-7(10)4-6/h6-8H,2-5H2,1H3. The van der Waals surface area contributed by atoms with Crippen molar-refractivity contribution in [3.63, 3.8) is 0 Å². The maximum atomic E-state index is 11.3. The number of carbonyl (C=O) groups is 1. The first-order valence-electron chi connectivity index (χ1n) is 5.02. The molecule has 1 heterocycles. The van der Waals surface area contributed by atoms with E-state index in [1.54, 1.807) is 0 Å². The van der Waals surface area contributed by atoms with Crippen LogP contribution in [0, 0.1) is 11.8 Å². The van der Waals surface area contributed by atoms with Crippen molar-refractivity contribution in [3.05, 3.63) is 0 Å². The summed E-state index contributed by atoms with van der Waals surface area (Å²) in [7, 11) is 1.44. The summed E-state index contributed by atoms with van der Waals surface area (Å²) in [6, 6.07) is 0. The molecule has 0 radical (unpaired) electrons. The number of ether oxygens (including phenoxy) is 2. The predicted octanol–water partition coefficient (Wildman–Crippen LogP) is 1.12. The van der Waals surface area contributed by atoms with E-state index in [-0.39, 0.29) is 17.7 Å². The van der Waals surface area contributed by atoms with Crippen LogP contribution >= 0.6 is 0 Å². The number of carbonyl (C=O) groups excluding carboxylic acids is 1. The Hall–Kier alpha value is -0.570. The Balaban J connectivity index is 1.77. The molecule has 2 aliphatic carbocycles. The Labute approximate surface area is 77.4 Å². The molecule has 72 valence electrons. The van der Waals surface area contributed by atoms with Gasteiger partial charge >= 0.3 is 5.97 Å². The number of epoxide rings is 1. The van der Waals surface area contributed by atoms with E-state index in [0.29, 0.717) is 5.92 Å². The van der Waals surface area contributed by atoms with Gasteiger partial charge in [-0.3, -0.25) is 0 Å². The van der Waals surface area contributed by atoms with Crippen LogP contribution < -0.4 is 0 Å². The molecule has 3 fully saturated rings. The van der Waals surface area contributed by atoms with Gasteiger partial charge in [-0.1, -0.05) is 0 Å². The Bertz CT molecular complexity index is 263. The zero-order chi connectivity index (χ0) is 9.05. The first-order chi connectivity index (χ1) is 6.26. The van der Waals surface area contributed by atoms with E-state index in [2.05, 4.69) is 0 Å². The second-order valence-electron chi connectivity index (χ2n) is 4.56. The predicted molar refractivity (Wildman–Crippen MR) is 45.1 cm³/mol. The summed E-state index contributed by atoms with van der Waals surface area (Å²) in [5.41, 5.74) is -0.0734. The first-order valence-corrected chi connectivity index (χ1v) is 5.02. The molecular formula is C10H14O3. The third-order valence-corrected chi connectivity index (χ3v) is 3.98. The van der Waals surface area contributed by atoms with Gasteiger partial charge in [-0.05, 0) is 37.5 Å². The molecular weight excluding hydrogens is 168 g/mol. The molecule has 13 heavy (non-hydrogen) atoms. The molecule has 4 atom stereocenters. The van der Waals surface area contributed by atoms with Crippen molar-refractivity contribution in [2.45, 2.75) is 37.4 Å². The normalized spacial score (nSPS) is 51.3. The van der Waals surface area contributed by atoms with Gasteiger partial charge in [-0.2, -0.15) is 0 Å². The fraction of sp³-hybridized carbons (Fsp3) is 0.900. The SMILES string of the molecule is COC(=O)C1OC12CC1CCC2C1. The van der Waals surface area contributed by atoms with E-state index in [1.807, 2.05) is 0 Å². The van der Waals surface area contributed by atoms with Gasteiger partial charge in [0.2, 0.25) is 0 Å². The molecule has 3 rings (SSSR count). The van der Waals surface area contributed by atoms with Crippen LogP contribution in [0.1, 0.15) is 25.7 Å². The van der Waals surface area contributed by atoms with E-state index in [1.165, 1.54) is 26.4 Å². The van der Waals surface area contributed by atoms with Crippen LogP contribution in [0.2, 0.25) is 0 Å². The lowest BCUT2D eigenvalue weighted by atomic mass is 9.86. The molecule has 4 unspecified atom stereocenters. The molecule has 0 amide bonds. The zero-order valence-electron chi connectivity index (χ0n) is 7.79. The van der Waals surface area contributed by atoms with E-state index < -0.39 is 0 Å². The van der Waals surface area contributed by atoms with Gasteiger partial charge in [0, 0.05) is 0 Å². The molecule has 1 saturated heterocycles. The average Bonchev–Trinajstić information content (AvgIpc) is 2.56. The lowest BCUT2D eigenvalue weighted by molar-refractivity contribution is -0.142. The van der Waals surface area contributed by atoms with Gasteiger partial charge in [0.15, 0.2) is 6.10 Å². The van der Waals surface area contributed by atoms with Gasteiger partial charge in [0.1, 0.15) is 5.60 Å². The monoisotopic (exact) mass is 182 g/mol. The van der Waals surface area contributed by atoms with Crippen LogP contribution in [0.3, 0.4) is 0 Å². The van der Waals surface area contributed by atoms with E-state index >= 15 is 0 Å². The smallest absolute Gasteiger partial charge is 0.338 e. The highest BCUT2D eigenvalue weighted by molar-refractivity contribution is 5.79. The van der Waals surface area contributed by atoms with Crippen LogP contribution in [0.25, 0.3) is 0 Å². The fourth-order valence-electron chi connectivity index (χ4n) is 3.33. The number of hydrogen-bond acceptors (Lipinski definition) is 3. The molecule has 3 nitrogen and oxygen atoms in total. The largest absolute Gasteiger partial charge is 0.467 e. The molecule has 0 N–H and O–H groups in total. The molecule has 1 spiro atoms. The summed E-state index contributed by atoms with van der Waals surface area (Å²) in [6.45, 7) is 0. The van der Waals surface area contributed by atoms with E-state index in [0.717, 1.165) is 12.3 Å². The molecule has 1 aliphatic heterocycles. The topological polar surface area (TPSA) is 38.8 Å². The zero-order valence-corrected chi connectivity index (χ0v) is 7.79. The van der Waals surface area contributed by atoms with Gasteiger partial charge in [-0.25, -0.2) is 4.79 Å². The van der Waals surface area contributed by atoms with Crippen LogP contribution in [-0.4, -0.2) is 24.8 Å². The second kappa shape index (κ2) is 2.27. The van der Waals surface area contributed by atoms with Gasteiger partial charge in [0.25, 0.3) is 0 Å². The minimum absolute atomic E-state index is 0.0734. The number of hydrogen-bond donors (Lipinski definition) is 0. The maximum absolute atomic E-state index is 11.3. The Morgan fingerprint density at radius 2 is 2.38 bits per heavy atom. The van der Waals surface area contributed by atoms with Crippen molar-refractivity contribution in [1.29, 1.82) is 0 Å². The van der Waals surface area contributed by atoms with E-state index in [4.69, 9.17) is 9.47 Å². The van der Waals surface area contributed by atoms with Gasteiger partial charge in [0.05, 0.1) is 7.11 Å². The summed E-state index contributed by atoms with van der Waals surface area (Å²) in [6.07, 6.45) is 4.72. The summed E-state index contributed by atoms with van der Waals surface area (Å²) in [4.78, 5) is 11.3. The van der Waals surface area contributed by atoms with Crippen LogP contribution in [0.4, 0.5) is 0 Å². The number of methoxy groups -OCH3 is 1. The third-order valence-electron chi connectivity index (χ3n) is 3.98. The van der Waals surface area contributed by atoms with Crippen molar-refractivity contribution in [3.8, 4) is 0 Å². The first kappa shape index (κ1) is 7.80. The summed E-state index contributed by atoms with van der Waals surface area (Å²) in [5.74, 6) is 1.29. The van der Waals surface area contributed by atoms with Crippen molar-refractivity contribution < 1.29 is 14.3 Å². The molecule has 0 aromatic heterocycles. The van der Waals surface area contributed by atoms with Gasteiger partial charge < -0.3 is 9.47 Å². The van der Waals surface area contributed by atoms with Crippen LogP contribution in [0.15, 0.2) is 0 Å². The van der Waals surface area contributed by atoms with E-state index in [9.17, 15) is 4.79 Å². The maximum Gasteiger partial charge on any atom is 0.338 e. The molecule has 2 bridgehead atoms. The molecule has 3 aliphatic rings. The van der Waals surface area contributed by atoms with Crippen molar-refractivity contribution in [2.75, 3.05) is 7.11 Å². The number of esters is 1. The van der Waals surface area contributed by atoms with Crippen LogP contribution in [0.5, 0.6) is 0 Å². The molecule has 2 saturated carbocycles. The number of rotatable bonds is 1. The number of fused-ring (bicyclic) bond motifs is 3. The van der Waals surface area contributed by atoms with Crippen molar-refractivity contribution in [1.82, 2.24) is 0 Å². The summed E-state index contributed by atoms with van der Waals surface area (Å²) in [5, 5.41) is 0. The Morgan fingerprint density at radius 1 is 1.54 bits per heavy atom. The third kappa shape index (κ3) is 0.857. The van der Waals surface area contributed by atoms with Crippen molar-refractivity contribution in [2.24, 2.45) is 11.8 Å². The lowest BCUT2D eigenvalue weighted by Crippen LogP contribution is -2.27. The Kier molecular flexibility index (Phi) is 1.36. The lowest BCUT2D eigenvalue weighted by Gasteiger charge is -2.17. The van der Waals surface area contributed by atoms with Gasteiger partial charge in [-0.15, -0.1) is 0 Å².